The molecule has 102 valence electrons. The Balaban J connectivity index is 1.90. The van der Waals surface area contributed by atoms with Gasteiger partial charge in [-0.1, -0.05) is 42.8 Å². The van der Waals surface area contributed by atoms with Crippen LogP contribution in [0.25, 0.3) is 0 Å². The zero-order valence-corrected chi connectivity index (χ0v) is 13.1. The van der Waals surface area contributed by atoms with Crippen LogP contribution in [-0.2, 0) is 11.3 Å². The van der Waals surface area contributed by atoms with Gasteiger partial charge in [0.25, 0.3) is 0 Å². The minimum Gasteiger partial charge on any atom is -0.391 e. The molecule has 19 heavy (non-hydrogen) atoms. The number of aliphatic imine (C=N–C) groups is 1. The van der Waals surface area contributed by atoms with E-state index in [9.17, 15) is 0 Å². The van der Waals surface area contributed by atoms with Gasteiger partial charge in [0.15, 0.2) is 6.40 Å². The summed E-state index contributed by atoms with van der Waals surface area (Å²) < 4.78 is 1.15. The van der Waals surface area contributed by atoms with Crippen LogP contribution in [0.1, 0.15) is 44.4 Å². The molecule has 0 fully saturated rings. The van der Waals surface area contributed by atoms with Crippen LogP contribution in [0, 0.1) is 5.41 Å². The van der Waals surface area contributed by atoms with Gasteiger partial charge >= 0.3 is 0 Å². The largest absolute Gasteiger partial charge is 0.391 e. The van der Waals surface area contributed by atoms with E-state index in [1.165, 1.54) is 11.1 Å². The Morgan fingerprint density at radius 1 is 1.37 bits per heavy atom. The second kappa shape index (κ2) is 4.60. The lowest BCUT2D eigenvalue weighted by molar-refractivity contribution is -0.142. The van der Waals surface area contributed by atoms with Gasteiger partial charge in [0.2, 0.25) is 0 Å². The zero-order valence-electron chi connectivity index (χ0n) is 11.6. The van der Waals surface area contributed by atoms with E-state index in [0.29, 0.717) is 6.04 Å². The first-order valence-electron chi connectivity index (χ1n) is 6.72. The quantitative estimate of drug-likeness (QED) is 0.778. The fourth-order valence-corrected chi connectivity index (χ4v) is 3.35. The summed E-state index contributed by atoms with van der Waals surface area (Å²) in [5.74, 6) is 0. The Hall–Kier alpha value is -0.870. The zero-order chi connectivity index (χ0) is 13.6. The highest BCUT2D eigenvalue weighted by Crippen LogP contribution is 2.42. The molecular formula is C15H19BrN2O. The number of nitrogens with zero attached hydrogens (tertiary/aromatic N) is 2. The van der Waals surface area contributed by atoms with E-state index in [-0.39, 0.29) is 11.6 Å². The van der Waals surface area contributed by atoms with Crippen molar-refractivity contribution in [2.75, 3.05) is 0 Å². The standard InChI is InChI=1S/C15H19BrN2O/c1-15(2,3)14-17-9-19-18(14)13-7-4-10-8-11(16)5-6-12(10)13/h5-6,8-9,13-14H,4,7H2,1-3H3/t13?,14-/m1/s1. The van der Waals surface area contributed by atoms with Gasteiger partial charge in [-0.15, -0.1) is 5.06 Å². The predicted molar refractivity (Wildman–Crippen MR) is 79.9 cm³/mol. The lowest BCUT2D eigenvalue weighted by Crippen LogP contribution is -2.40. The summed E-state index contributed by atoms with van der Waals surface area (Å²) in [6.45, 7) is 6.61. The molecule has 3 nitrogen and oxygen atoms in total. The number of halogens is 1. The van der Waals surface area contributed by atoms with E-state index in [4.69, 9.17) is 4.84 Å². The molecule has 1 unspecified atom stereocenters. The molecule has 0 spiro atoms. The lowest BCUT2D eigenvalue weighted by atomic mass is 9.91. The smallest absolute Gasteiger partial charge is 0.198 e. The molecule has 1 aromatic carbocycles. The van der Waals surface area contributed by atoms with Crippen LogP contribution in [0.5, 0.6) is 0 Å². The summed E-state index contributed by atoms with van der Waals surface area (Å²) >= 11 is 3.54. The SMILES string of the molecule is CC(C)(C)[C@@H]1N=CON1C1CCc2cc(Br)ccc21. The van der Waals surface area contributed by atoms with Crippen LogP contribution in [0.4, 0.5) is 0 Å². The maximum absolute atomic E-state index is 5.69. The summed E-state index contributed by atoms with van der Waals surface area (Å²) in [7, 11) is 0. The highest BCUT2D eigenvalue weighted by atomic mass is 79.9. The Morgan fingerprint density at radius 2 is 2.16 bits per heavy atom. The minimum atomic E-state index is 0.0745. The predicted octanol–water partition coefficient (Wildman–Crippen LogP) is 4.08. The molecule has 0 saturated carbocycles. The first-order valence-corrected chi connectivity index (χ1v) is 7.51. The van der Waals surface area contributed by atoms with Crippen molar-refractivity contribution >= 4 is 22.3 Å². The van der Waals surface area contributed by atoms with Crippen LogP contribution in [0.3, 0.4) is 0 Å². The maximum Gasteiger partial charge on any atom is 0.198 e. The highest BCUT2D eigenvalue weighted by molar-refractivity contribution is 9.10. The van der Waals surface area contributed by atoms with Crippen LogP contribution in [-0.4, -0.2) is 17.6 Å². The average molecular weight is 323 g/mol. The van der Waals surface area contributed by atoms with Crippen LogP contribution in [0.15, 0.2) is 27.7 Å². The number of aryl methyl sites for hydroxylation is 1. The molecule has 0 N–H and O–H groups in total. The summed E-state index contributed by atoms with van der Waals surface area (Å²) in [5, 5.41) is 2.07. The maximum atomic E-state index is 5.69. The van der Waals surface area contributed by atoms with Crippen LogP contribution in [0.2, 0.25) is 0 Å². The molecule has 2 atom stereocenters. The third kappa shape index (κ3) is 2.32. The van der Waals surface area contributed by atoms with Gasteiger partial charge in [-0.2, -0.15) is 0 Å². The molecule has 1 aliphatic heterocycles. The van der Waals surface area contributed by atoms with E-state index in [1.807, 2.05) is 0 Å². The van der Waals surface area contributed by atoms with Gasteiger partial charge in [-0.25, -0.2) is 4.99 Å². The Bertz CT molecular complexity index is 521. The summed E-state index contributed by atoms with van der Waals surface area (Å²) in [5.41, 5.74) is 2.87. The van der Waals surface area contributed by atoms with Crippen molar-refractivity contribution in [3.63, 3.8) is 0 Å². The fourth-order valence-electron chi connectivity index (χ4n) is 2.94. The van der Waals surface area contributed by atoms with Crippen molar-refractivity contribution in [1.29, 1.82) is 0 Å². The number of hydroxylamine groups is 2. The van der Waals surface area contributed by atoms with Gasteiger partial charge in [0, 0.05) is 9.89 Å². The summed E-state index contributed by atoms with van der Waals surface area (Å²) in [6.07, 6.45) is 3.89. The molecule has 4 heteroatoms. The number of hydrogen-bond donors (Lipinski definition) is 0. The number of fused-ring (bicyclic) bond motifs is 1. The van der Waals surface area contributed by atoms with Crippen molar-refractivity contribution in [2.45, 2.75) is 45.8 Å². The molecule has 1 aromatic rings. The minimum absolute atomic E-state index is 0.0745. The van der Waals surface area contributed by atoms with Crippen molar-refractivity contribution < 1.29 is 4.84 Å². The lowest BCUT2D eigenvalue weighted by Gasteiger charge is -2.34. The van der Waals surface area contributed by atoms with Crippen molar-refractivity contribution in [3.05, 3.63) is 33.8 Å². The normalized spacial score (nSPS) is 26.5. The molecule has 1 aliphatic carbocycles. The number of benzene rings is 1. The molecule has 0 aromatic heterocycles. The summed E-state index contributed by atoms with van der Waals surface area (Å²) in [6, 6.07) is 6.85. The van der Waals surface area contributed by atoms with Gasteiger partial charge in [0.05, 0.1) is 6.04 Å². The van der Waals surface area contributed by atoms with Gasteiger partial charge in [0.1, 0.15) is 6.17 Å². The average Bonchev–Trinajstić information content (AvgIpc) is 2.91. The van der Waals surface area contributed by atoms with Crippen molar-refractivity contribution in [1.82, 2.24) is 5.06 Å². The third-order valence-corrected chi connectivity index (χ3v) is 4.34. The Labute approximate surface area is 122 Å². The molecule has 0 bridgehead atoms. The van der Waals surface area contributed by atoms with Gasteiger partial charge in [-0.3, -0.25) is 0 Å². The van der Waals surface area contributed by atoms with E-state index in [2.05, 4.69) is 65.0 Å². The molecule has 0 radical (unpaired) electrons. The van der Waals surface area contributed by atoms with E-state index >= 15 is 0 Å². The third-order valence-electron chi connectivity index (χ3n) is 3.84. The highest BCUT2D eigenvalue weighted by Gasteiger charge is 2.41. The van der Waals surface area contributed by atoms with Crippen LogP contribution >= 0.6 is 15.9 Å². The van der Waals surface area contributed by atoms with Crippen molar-refractivity contribution in [2.24, 2.45) is 10.4 Å². The first-order chi connectivity index (χ1) is 8.97. The van der Waals surface area contributed by atoms with E-state index in [1.54, 1.807) is 6.40 Å². The fraction of sp³-hybridized carbons (Fsp3) is 0.533. The second-order valence-electron chi connectivity index (χ2n) is 6.36. The molecule has 3 rings (SSSR count). The van der Waals surface area contributed by atoms with E-state index in [0.717, 1.165) is 17.3 Å². The first kappa shape index (κ1) is 13.1. The Morgan fingerprint density at radius 3 is 2.89 bits per heavy atom. The number of rotatable bonds is 1. The van der Waals surface area contributed by atoms with Crippen LogP contribution < -0.4 is 0 Å². The number of hydrogen-bond acceptors (Lipinski definition) is 3. The molecule has 1 heterocycles. The van der Waals surface area contributed by atoms with Gasteiger partial charge < -0.3 is 4.84 Å². The second-order valence-corrected chi connectivity index (χ2v) is 7.27. The van der Waals surface area contributed by atoms with Crippen molar-refractivity contribution in [3.8, 4) is 0 Å². The molecule has 0 saturated heterocycles. The van der Waals surface area contributed by atoms with Gasteiger partial charge in [-0.05, 0) is 36.1 Å². The Kier molecular flexibility index (Phi) is 3.18. The monoisotopic (exact) mass is 322 g/mol. The summed E-state index contributed by atoms with van der Waals surface area (Å²) in [4.78, 5) is 10.2. The molecular weight excluding hydrogens is 304 g/mol. The topological polar surface area (TPSA) is 24.8 Å². The molecule has 2 aliphatic rings. The van der Waals surface area contributed by atoms with E-state index < -0.39 is 0 Å². The molecule has 0 amide bonds.